The molecular formula is C21H27FN2O4S. The number of rotatable bonds is 9. The number of aryl methyl sites for hydroxylation is 1. The molecule has 2 rings (SSSR count). The van der Waals surface area contributed by atoms with Gasteiger partial charge in [-0.1, -0.05) is 24.6 Å². The van der Waals surface area contributed by atoms with Crippen LogP contribution in [0, 0.1) is 12.7 Å². The van der Waals surface area contributed by atoms with Crippen LogP contribution in [0.25, 0.3) is 0 Å². The van der Waals surface area contributed by atoms with Crippen molar-refractivity contribution in [1.29, 1.82) is 0 Å². The Kier molecular flexibility index (Phi) is 7.61. The maximum absolute atomic E-state index is 13.2. The fourth-order valence-electron chi connectivity index (χ4n) is 2.88. The zero-order valence-electron chi connectivity index (χ0n) is 17.1. The van der Waals surface area contributed by atoms with Crippen molar-refractivity contribution in [2.75, 3.05) is 17.2 Å². The number of carbonyl (C=O) groups excluding carboxylic acids is 1. The molecule has 1 amide bonds. The van der Waals surface area contributed by atoms with Gasteiger partial charge in [0.15, 0.2) is 0 Å². The number of anilines is 1. The van der Waals surface area contributed by atoms with Crippen molar-refractivity contribution in [2.24, 2.45) is 0 Å². The lowest BCUT2D eigenvalue weighted by Crippen LogP contribution is -2.52. The number of halogens is 1. The SMILES string of the molecule is CC[C@@H](C(=O)N[C@H](C)COc1ccc(C)cc1)N(c1ccc(F)cc1)S(C)(=O)=O. The Labute approximate surface area is 171 Å². The molecule has 6 nitrogen and oxygen atoms in total. The van der Waals surface area contributed by atoms with E-state index in [1.54, 1.807) is 13.8 Å². The zero-order chi connectivity index (χ0) is 21.6. The Hall–Kier alpha value is -2.61. The third-order valence-corrected chi connectivity index (χ3v) is 5.50. The van der Waals surface area contributed by atoms with Crippen LogP contribution in [0.2, 0.25) is 0 Å². The molecule has 2 aromatic carbocycles. The molecule has 1 N–H and O–H groups in total. The highest BCUT2D eigenvalue weighted by Gasteiger charge is 2.32. The molecule has 0 heterocycles. The van der Waals surface area contributed by atoms with Gasteiger partial charge in [-0.15, -0.1) is 0 Å². The maximum Gasteiger partial charge on any atom is 0.244 e. The van der Waals surface area contributed by atoms with Crippen molar-refractivity contribution in [3.63, 3.8) is 0 Å². The van der Waals surface area contributed by atoms with E-state index in [9.17, 15) is 17.6 Å². The molecule has 29 heavy (non-hydrogen) atoms. The van der Waals surface area contributed by atoms with E-state index in [0.717, 1.165) is 28.3 Å². The summed E-state index contributed by atoms with van der Waals surface area (Å²) in [7, 11) is -3.76. The van der Waals surface area contributed by atoms with Gasteiger partial charge in [-0.25, -0.2) is 12.8 Å². The fourth-order valence-corrected chi connectivity index (χ4v) is 4.10. The first kappa shape index (κ1) is 22.7. The summed E-state index contributed by atoms with van der Waals surface area (Å²) in [6, 6.07) is 11.3. The number of hydrogen-bond acceptors (Lipinski definition) is 4. The lowest BCUT2D eigenvalue weighted by molar-refractivity contribution is -0.123. The highest BCUT2D eigenvalue weighted by atomic mass is 32.2. The number of hydrogen-bond donors (Lipinski definition) is 1. The predicted octanol–water partition coefficient (Wildman–Crippen LogP) is 3.26. The van der Waals surface area contributed by atoms with Gasteiger partial charge in [0.1, 0.15) is 24.2 Å². The lowest BCUT2D eigenvalue weighted by atomic mass is 10.1. The van der Waals surface area contributed by atoms with E-state index in [0.29, 0.717) is 5.75 Å². The van der Waals surface area contributed by atoms with Crippen LogP contribution in [0.3, 0.4) is 0 Å². The summed E-state index contributed by atoms with van der Waals surface area (Å²) in [5.74, 6) is -0.239. The standard InChI is InChI=1S/C21H27FN2O4S/c1-5-20(24(29(4,26)27)18-10-8-17(22)9-11-18)21(25)23-16(3)14-28-19-12-6-15(2)7-13-19/h6-13,16,20H,5,14H2,1-4H3,(H,23,25)/t16-,20+/m1/s1. The molecule has 2 aromatic rings. The van der Waals surface area contributed by atoms with Crippen molar-refractivity contribution in [3.05, 3.63) is 59.9 Å². The van der Waals surface area contributed by atoms with E-state index >= 15 is 0 Å². The van der Waals surface area contributed by atoms with Crippen molar-refractivity contribution < 1.29 is 22.3 Å². The van der Waals surface area contributed by atoms with Crippen LogP contribution in [0.1, 0.15) is 25.8 Å². The summed E-state index contributed by atoms with van der Waals surface area (Å²) in [6.45, 7) is 5.72. The van der Waals surface area contributed by atoms with Crippen LogP contribution in [0.15, 0.2) is 48.5 Å². The second-order valence-electron chi connectivity index (χ2n) is 6.99. The smallest absolute Gasteiger partial charge is 0.244 e. The molecule has 0 aliphatic rings. The summed E-state index contributed by atoms with van der Waals surface area (Å²) < 4.78 is 44.7. The number of benzene rings is 2. The van der Waals surface area contributed by atoms with Gasteiger partial charge in [0.2, 0.25) is 15.9 Å². The number of nitrogens with zero attached hydrogens (tertiary/aromatic N) is 1. The molecule has 0 bridgehead atoms. The van der Waals surface area contributed by atoms with Gasteiger partial charge in [-0.2, -0.15) is 0 Å². The summed E-state index contributed by atoms with van der Waals surface area (Å²) >= 11 is 0. The lowest BCUT2D eigenvalue weighted by Gasteiger charge is -2.31. The minimum atomic E-state index is -3.76. The van der Waals surface area contributed by atoms with E-state index in [1.165, 1.54) is 12.1 Å². The first-order valence-electron chi connectivity index (χ1n) is 9.36. The summed E-state index contributed by atoms with van der Waals surface area (Å²) in [5.41, 5.74) is 1.35. The second-order valence-corrected chi connectivity index (χ2v) is 8.85. The van der Waals surface area contributed by atoms with E-state index in [4.69, 9.17) is 4.74 Å². The van der Waals surface area contributed by atoms with Crippen LogP contribution < -0.4 is 14.4 Å². The van der Waals surface area contributed by atoms with Crippen LogP contribution >= 0.6 is 0 Å². The summed E-state index contributed by atoms with van der Waals surface area (Å²) in [4.78, 5) is 12.8. The first-order chi connectivity index (χ1) is 13.6. The zero-order valence-corrected chi connectivity index (χ0v) is 17.9. The van der Waals surface area contributed by atoms with Gasteiger partial charge in [0.25, 0.3) is 0 Å². The van der Waals surface area contributed by atoms with E-state index in [2.05, 4.69) is 5.32 Å². The van der Waals surface area contributed by atoms with E-state index in [1.807, 2.05) is 31.2 Å². The summed E-state index contributed by atoms with van der Waals surface area (Å²) in [5, 5.41) is 2.80. The van der Waals surface area contributed by atoms with Gasteiger partial charge < -0.3 is 10.1 Å². The molecule has 0 spiro atoms. The molecule has 0 aromatic heterocycles. The van der Waals surface area contributed by atoms with Crippen molar-refractivity contribution in [3.8, 4) is 5.75 Å². The monoisotopic (exact) mass is 422 g/mol. The third kappa shape index (κ3) is 6.45. The highest BCUT2D eigenvalue weighted by molar-refractivity contribution is 7.92. The molecule has 158 valence electrons. The molecule has 0 aliphatic carbocycles. The number of amides is 1. The highest BCUT2D eigenvalue weighted by Crippen LogP contribution is 2.23. The van der Waals surface area contributed by atoms with Crippen LogP contribution in [-0.2, 0) is 14.8 Å². The normalized spacial score (nSPS) is 13.4. The maximum atomic E-state index is 13.2. The van der Waals surface area contributed by atoms with Crippen molar-refractivity contribution >= 4 is 21.6 Å². The molecule has 0 fully saturated rings. The predicted molar refractivity (Wildman–Crippen MR) is 112 cm³/mol. The van der Waals surface area contributed by atoms with E-state index in [-0.39, 0.29) is 24.8 Å². The van der Waals surface area contributed by atoms with Crippen LogP contribution in [0.4, 0.5) is 10.1 Å². The minimum Gasteiger partial charge on any atom is -0.491 e. The average molecular weight is 423 g/mol. The van der Waals surface area contributed by atoms with Gasteiger partial charge in [-0.05, 0) is 56.7 Å². The number of sulfonamides is 1. The fraction of sp³-hybridized carbons (Fsp3) is 0.381. The van der Waals surface area contributed by atoms with Crippen molar-refractivity contribution in [2.45, 2.75) is 39.3 Å². The van der Waals surface area contributed by atoms with Crippen LogP contribution in [-0.4, -0.2) is 39.3 Å². The van der Waals surface area contributed by atoms with Gasteiger partial charge in [0, 0.05) is 0 Å². The molecule has 0 saturated carbocycles. The van der Waals surface area contributed by atoms with Gasteiger partial charge in [-0.3, -0.25) is 9.10 Å². The molecule has 0 aliphatic heterocycles. The first-order valence-corrected chi connectivity index (χ1v) is 11.2. The molecule has 8 heteroatoms. The quantitative estimate of drug-likeness (QED) is 0.673. The molecule has 0 saturated heterocycles. The van der Waals surface area contributed by atoms with E-state index < -0.39 is 27.8 Å². The second kappa shape index (κ2) is 9.73. The minimum absolute atomic E-state index is 0.236. The number of carbonyl (C=O) groups is 1. The van der Waals surface area contributed by atoms with Crippen molar-refractivity contribution in [1.82, 2.24) is 5.32 Å². The average Bonchev–Trinajstić information content (AvgIpc) is 2.65. The Morgan fingerprint density at radius 2 is 1.72 bits per heavy atom. The van der Waals surface area contributed by atoms with Gasteiger partial charge >= 0.3 is 0 Å². The molecule has 0 unspecified atom stereocenters. The Morgan fingerprint density at radius 3 is 2.24 bits per heavy atom. The largest absolute Gasteiger partial charge is 0.491 e. The Morgan fingerprint density at radius 1 is 1.14 bits per heavy atom. The van der Waals surface area contributed by atoms with Gasteiger partial charge in [0.05, 0.1) is 18.0 Å². The topological polar surface area (TPSA) is 75.7 Å². The Bertz CT molecular complexity index is 915. The Balaban J connectivity index is 2.09. The molecule has 2 atom stereocenters. The molecule has 0 radical (unpaired) electrons. The number of nitrogens with one attached hydrogen (secondary N) is 1. The summed E-state index contributed by atoms with van der Waals surface area (Å²) in [6.07, 6.45) is 1.28. The number of ether oxygens (including phenoxy) is 1. The molecular weight excluding hydrogens is 395 g/mol. The third-order valence-electron chi connectivity index (χ3n) is 4.32. The van der Waals surface area contributed by atoms with Crippen LogP contribution in [0.5, 0.6) is 5.75 Å².